The van der Waals surface area contributed by atoms with E-state index in [1.807, 2.05) is 0 Å². The van der Waals surface area contributed by atoms with Crippen molar-refractivity contribution in [3.63, 3.8) is 0 Å². The van der Waals surface area contributed by atoms with Gasteiger partial charge in [0, 0.05) is 6.54 Å². The van der Waals surface area contributed by atoms with E-state index in [1.165, 1.54) is 24.3 Å². The number of benzene rings is 1. The van der Waals surface area contributed by atoms with Crippen LogP contribution >= 0.6 is 0 Å². The van der Waals surface area contributed by atoms with Gasteiger partial charge in [-0.25, -0.2) is 4.39 Å². The van der Waals surface area contributed by atoms with E-state index in [0.717, 1.165) is 6.42 Å². The maximum atomic E-state index is 12.6. The Kier molecular flexibility index (Phi) is 5.20. The third-order valence-corrected chi connectivity index (χ3v) is 2.14. The van der Waals surface area contributed by atoms with Crippen LogP contribution in [0.1, 0.15) is 13.3 Å². The van der Waals surface area contributed by atoms with E-state index in [9.17, 15) is 9.18 Å². The SMILES string of the molecule is C=CCCNC(=O)C(C)Oc1ccc(F)cc1. The van der Waals surface area contributed by atoms with Gasteiger partial charge in [-0.15, -0.1) is 6.58 Å². The lowest BCUT2D eigenvalue weighted by molar-refractivity contribution is -0.127. The molecule has 0 aliphatic heterocycles. The van der Waals surface area contributed by atoms with E-state index in [-0.39, 0.29) is 11.7 Å². The number of rotatable bonds is 6. The lowest BCUT2D eigenvalue weighted by Gasteiger charge is -2.14. The highest BCUT2D eigenvalue weighted by Crippen LogP contribution is 2.12. The summed E-state index contributed by atoms with van der Waals surface area (Å²) in [5, 5.41) is 2.71. The molecule has 0 spiro atoms. The minimum Gasteiger partial charge on any atom is -0.481 e. The molecule has 1 amide bonds. The van der Waals surface area contributed by atoms with Gasteiger partial charge in [0.05, 0.1) is 0 Å². The van der Waals surface area contributed by atoms with Gasteiger partial charge in [0.1, 0.15) is 11.6 Å². The Morgan fingerprint density at radius 3 is 2.76 bits per heavy atom. The summed E-state index contributed by atoms with van der Waals surface area (Å²) in [4.78, 5) is 11.5. The standard InChI is InChI=1S/C13H16FNO2/c1-3-4-9-15-13(16)10(2)17-12-7-5-11(14)6-8-12/h3,5-8,10H,1,4,9H2,2H3,(H,15,16). The molecule has 4 heteroatoms. The van der Waals surface area contributed by atoms with Gasteiger partial charge in [0.25, 0.3) is 5.91 Å². The van der Waals surface area contributed by atoms with E-state index in [4.69, 9.17) is 4.74 Å². The van der Waals surface area contributed by atoms with Crippen LogP contribution in [0.25, 0.3) is 0 Å². The Bertz CT molecular complexity index is 376. The van der Waals surface area contributed by atoms with Crippen LogP contribution in [-0.2, 0) is 4.79 Å². The zero-order valence-corrected chi connectivity index (χ0v) is 9.78. The predicted molar refractivity (Wildman–Crippen MR) is 64.3 cm³/mol. The summed E-state index contributed by atoms with van der Waals surface area (Å²) in [6.07, 6.45) is 1.84. The van der Waals surface area contributed by atoms with Crippen LogP contribution in [0.2, 0.25) is 0 Å². The van der Waals surface area contributed by atoms with Gasteiger partial charge in [-0.05, 0) is 37.6 Å². The molecule has 1 rings (SSSR count). The largest absolute Gasteiger partial charge is 0.481 e. The molecule has 92 valence electrons. The minimum atomic E-state index is -0.606. The molecule has 0 heterocycles. The summed E-state index contributed by atoms with van der Waals surface area (Å²) >= 11 is 0. The highest BCUT2D eigenvalue weighted by atomic mass is 19.1. The molecule has 1 N–H and O–H groups in total. The van der Waals surface area contributed by atoms with E-state index in [1.54, 1.807) is 13.0 Å². The number of hydrogen-bond acceptors (Lipinski definition) is 2. The van der Waals surface area contributed by atoms with Crippen molar-refractivity contribution in [3.8, 4) is 5.75 Å². The third kappa shape index (κ3) is 4.68. The number of ether oxygens (including phenoxy) is 1. The zero-order chi connectivity index (χ0) is 12.7. The first-order chi connectivity index (χ1) is 8.13. The molecule has 1 aromatic rings. The second-order valence-electron chi connectivity index (χ2n) is 3.58. The molecule has 1 unspecified atom stereocenters. The molecule has 0 aliphatic carbocycles. The van der Waals surface area contributed by atoms with E-state index < -0.39 is 6.10 Å². The van der Waals surface area contributed by atoms with Gasteiger partial charge >= 0.3 is 0 Å². The molecule has 0 saturated carbocycles. The molecule has 1 atom stereocenters. The van der Waals surface area contributed by atoms with Crippen LogP contribution < -0.4 is 10.1 Å². The second-order valence-corrected chi connectivity index (χ2v) is 3.58. The van der Waals surface area contributed by atoms with Crippen molar-refractivity contribution in [3.05, 3.63) is 42.7 Å². The Morgan fingerprint density at radius 2 is 2.18 bits per heavy atom. The van der Waals surface area contributed by atoms with Gasteiger partial charge < -0.3 is 10.1 Å². The molecule has 1 aromatic carbocycles. The summed E-state index contributed by atoms with van der Waals surface area (Å²) in [6.45, 7) is 5.75. The quantitative estimate of drug-likeness (QED) is 0.609. The van der Waals surface area contributed by atoms with Crippen LogP contribution in [0.5, 0.6) is 5.75 Å². The predicted octanol–water partition coefficient (Wildman–Crippen LogP) is 2.29. The van der Waals surface area contributed by atoms with Crippen LogP contribution in [0, 0.1) is 5.82 Å². The number of halogens is 1. The fourth-order valence-corrected chi connectivity index (χ4v) is 1.21. The Hall–Kier alpha value is -1.84. The normalized spacial score (nSPS) is 11.6. The molecule has 0 radical (unpaired) electrons. The van der Waals surface area contributed by atoms with Crippen LogP contribution in [0.3, 0.4) is 0 Å². The van der Waals surface area contributed by atoms with Gasteiger partial charge in [0.2, 0.25) is 0 Å². The summed E-state index contributed by atoms with van der Waals surface area (Å²) in [6, 6.07) is 5.56. The van der Waals surface area contributed by atoms with Crippen molar-refractivity contribution < 1.29 is 13.9 Å². The number of hydrogen-bond donors (Lipinski definition) is 1. The lowest BCUT2D eigenvalue weighted by atomic mass is 10.3. The van der Waals surface area contributed by atoms with Gasteiger partial charge in [-0.3, -0.25) is 4.79 Å². The molecular formula is C13H16FNO2. The van der Waals surface area contributed by atoms with Crippen LogP contribution in [-0.4, -0.2) is 18.6 Å². The van der Waals surface area contributed by atoms with Crippen molar-refractivity contribution in [2.45, 2.75) is 19.4 Å². The smallest absolute Gasteiger partial charge is 0.260 e. The lowest BCUT2D eigenvalue weighted by Crippen LogP contribution is -2.36. The maximum Gasteiger partial charge on any atom is 0.260 e. The van der Waals surface area contributed by atoms with Crippen LogP contribution in [0.4, 0.5) is 4.39 Å². The van der Waals surface area contributed by atoms with E-state index in [0.29, 0.717) is 12.3 Å². The fraction of sp³-hybridized carbons (Fsp3) is 0.308. The van der Waals surface area contributed by atoms with Crippen molar-refractivity contribution in [2.75, 3.05) is 6.54 Å². The molecule has 0 saturated heterocycles. The first-order valence-corrected chi connectivity index (χ1v) is 5.44. The summed E-state index contributed by atoms with van der Waals surface area (Å²) < 4.78 is 18.0. The first-order valence-electron chi connectivity index (χ1n) is 5.44. The van der Waals surface area contributed by atoms with Gasteiger partial charge in [-0.1, -0.05) is 6.08 Å². The topological polar surface area (TPSA) is 38.3 Å². The van der Waals surface area contributed by atoms with Crippen molar-refractivity contribution in [1.82, 2.24) is 5.32 Å². The average molecular weight is 237 g/mol. The minimum absolute atomic E-state index is 0.198. The van der Waals surface area contributed by atoms with Crippen molar-refractivity contribution >= 4 is 5.91 Å². The molecule has 0 aromatic heterocycles. The Balaban J connectivity index is 2.42. The fourth-order valence-electron chi connectivity index (χ4n) is 1.21. The van der Waals surface area contributed by atoms with Crippen LogP contribution in [0.15, 0.2) is 36.9 Å². The monoisotopic (exact) mass is 237 g/mol. The zero-order valence-electron chi connectivity index (χ0n) is 9.78. The van der Waals surface area contributed by atoms with Gasteiger partial charge in [-0.2, -0.15) is 0 Å². The summed E-state index contributed by atoms with van der Waals surface area (Å²) in [7, 11) is 0. The molecule has 0 fully saturated rings. The first kappa shape index (κ1) is 13.2. The number of nitrogens with one attached hydrogen (secondary N) is 1. The molecule has 17 heavy (non-hydrogen) atoms. The Morgan fingerprint density at radius 1 is 1.53 bits per heavy atom. The number of carbonyl (C=O) groups is 1. The molecular weight excluding hydrogens is 221 g/mol. The summed E-state index contributed by atoms with van der Waals surface area (Å²) in [5.74, 6) is -0.0608. The van der Waals surface area contributed by atoms with E-state index in [2.05, 4.69) is 11.9 Å². The average Bonchev–Trinajstić information content (AvgIpc) is 2.32. The molecule has 3 nitrogen and oxygen atoms in total. The van der Waals surface area contributed by atoms with Crippen molar-refractivity contribution in [2.24, 2.45) is 0 Å². The van der Waals surface area contributed by atoms with E-state index >= 15 is 0 Å². The van der Waals surface area contributed by atoms with Crippen molar-refractivity contribution in [1.29, 1.82) is 0 Å². The molecule has 0 bridgehead atoms. The Labute approximate surface area is 100 Å². The highest BCUT2D eigenvalue weighted by molar-refractivity contribution is 5.80. The van der Waals surface area contributed by atoms with Gasteiger partial charge in [0.15, 0.2) is 6.10 Å². The third-order valence-electron chi connectivity index (χ3n) is 2.14. The summed E-state index contributed by atoms with van der Waals surface area (Å²) in [5.41, 5.74) is 0. The maximum absolute atomic E-state index is 12.6. The highest BCUT2D eigenvalue weighted by Gasteiger charge is 2.13. The number of amides is 1. The second kappa shape index (κ2) is 6.68. The number of carbonyl (C=O) groups excluding carboxylic acids is 1. The molecule has 0 aliphatic rings.